The standard InChI is InChI=1S/C13H10ClF2N5/c1-17-11-10-12(20-13(14)19-11)21(6-18-10)5-7-8(15)3-2-4-9(7)16/h2-4,6H,5H2,1H3,(H,17,19,20). The molecule has 2 heterocycles. The normalized spacial score (nSPS) is 11.0. The first-order valence-corrected chi connectivity index (χ1v) is 6.47. The number of hydrogen-bond acceptors (Lipinski definition) is 4. The Kier molecular flexibility index (Phi) is 3.42. The summed E-state index contributed by atoms with van der Waals surface area (Å²) in [4.78, 5) is 12.2. The van der Waals surface area contributed by atoms with Crippen LogP contribution in [0, 0.1) is 11.6 Å². The van der Waals surface area contributed by atoms with Crippen LogP contribution in [-0.2, 0) is 6.54 Å². The molecule has 0 spiro atoms. The molecule has 0 amide bonds. The molecule has 0 radical (unpaired) electrons. The summed E-state index contributed by atoms with van der Waals surface area (Å²) in [6, 6.07) is 3.73. The van der Waals surface area contributed by atoms with E-state index in [9.17, 15) is 8.78 Å². The molecule has 8 heteroatoms. The molecule has 108 valence electrons. The number of nitrogens with zero attached hydrogens (tertiary/aromatic N) is 4. The first-order chi connectivity index (χ1) is 10.1. The van der Waals surface area contributed by atoms with E-state index in [1.54, 1.807) is 7.05 Å². The molecule has 0 fully saturated rings. The van der Waals surface area contributed by atoms with E-state index in [4.69, 9.17) is 11.6 Å². The fraction of sp³-hybridized carbons (Fsp3) is 0.154. The first kappa shape index (κ1) is 13.7. The second kappa shape index (κ2) is 5.25. The van der Waals surface area contributed by atoms with Crippen molar-refractivity contribution in [3.05, 3.63) is 47.0 Å². The Bertz CT molecular complexity index is 797. The second-order valence-electron chi connectivity index (χ2n) is 4.34. The Morgan fingerprint density at radius 1 is 1.24 bits per heavy atom. The van der Waals surface area contributed by atoms with E-state index in [1.807, 2.05) is 0 Å². The summed E-state index contributed by atoms with van der Waals surface area (Å²) in [5, 5.41) is 2.88. The van der Waals surface area contributed by atoms with Crippen molar-refractivity contribution >= 4 is 28.6 Å². The molecule has 0 saturated heterocycles. The summed E-state index contributed by atoms with van der Waals surface area (Å²) in [5.41, 5.74) is 0.832. The average molecular weight is 310 g/mol. The molecule has 0 atom stereocenters. The lowest BCUT2D eigenvalue weighted by atomic mass is 10.2. The van der Waals surface area contributed by atoms with E-state index < -0.39 is 11.6 Å². The van der Waals surface area contributed by atoms with E-state index in [-0.39, 0.29) is 17.4 Å². The maximum atomic E-state index is 13.7. The van der Waals surface area contributed by atoms with E-state index >= 15 is 0 Å². The third-order valence-electron chi connectivity index (χ3n) is 3.06. The van der Waals surface area contributed by atoms with Crippen LogP contribution in [0.25, 0.3) is 11.2 Å². The zero-order valence-electron chi connectivity index (χ0n) is 10.9. The topological polar surface area (TPSA) is 55.6 Å². The summed E-state index contributed by atoms with van der Waals surface area (Å²) < 4.78 is 29.0. The van der Waals surface area contributed by atoms with Crippen LogP contribution >= 0.6 is 11.6 Å². The third kappa shape index (κ3) is 2.40. The number of nitrogens with one attached hydrogen (secondary N) is 1. The fourth-order valence-electron chi connectivity index (χ4n) is 2.06. The summed E-state index contributed by atoms with van der Waals surface area (Å²) in [6.07, 6.45) is 1.45. The van der Waals surface area contributed by atoms with Crippen LogP contribution < -0.4 is 5.32 Å². The number of rotatable bonds is 3. The Morgan fingerprint density at radius 3 is 2.62 bits per heavy atom. The van der Waals surface area contributed by atoms with Crippen LogP contribution in [0.3, 0.4) is 0 Å². The lowest BCUT2D eigenvalue weighted by Gasteiger charge is -2.07. The molecule has 0 aliphatic carbocycles. The Hall–Kier alpha value is -2.28. The van der Waals surface area contributed by atoms with Gasteiger partial charge in [-0.1, -0.05) is 6.07 Å². The van der Waals surface area contributed by atoms with Crippen LogP contribution in [0.15, 0.2) is 24.5 Å². The quantitative estimate of drug-likeness (QED) is 0.756. The molecule has 0 aliphatic rings. The molecule has 3 rings (SSSR count). The molecule has 0 aliphatic heterocycles. The highest BCUT2D eigenvalue weighted by atomic mass is 35.5. The molecule has 5 nitrogen and oxygen atoms in total. The monoisotopic (exact) mass is 309 g/mol. The maximum Gasteiger partial charge on any atom is 0.226 e. The first-order valence-electron chi connectivity index (χ1n) is 6.09. The molecule has 2 aromatic heterocycles. The van der Waals surface area contributed by atoms with Crippen LogP contribution in [0.4, 0.5) is 14.6 Å². The largest absolute Gasteiger partial charge is 0.371 e. The minimum absolute atomic E-state index is 0.0302. The molecule has 1 N–H and O–H groups in total. The van der Waals surface area contributed by atoms with Gasteiger partial charge < -0.3 is 9.88 Å². The van der Waals surface area contributed by atoms with Crippen LogP contribution in [0.1, 0.15) is 5.56 Å². The van der Waals surface area contributed by atoms with Crippen molar-refractivity contribution in [3.8, 4) is 0 Å². The van der Waals surface area contributed by atoms with E-state index in [1.165, 1.54) is 29.1 Å². The number of benzene rings is 1. The molecule has 0 saturated carbocycles. The van der Waals surface area contributed by atoms with Crippen molar-refractivity contribution < 1.29 is 8.78 Å². The van der Waals surface area contributed by atoms with Crippen molar-refractivity contribution in [3.63, 3.8) is 0 Å². The average Bonchev–Trinajstić information content (AvgIpc) is 2.85. The van der Waals surface area contributed by atoms with Crippen molar-refractivity contribution in [2.75, 3.05) is 12.4 Å². The highest BCUT2D eigenvalue weighted by molar-refractivity contribution is 6.28. The summed E-state index contributed by atoms with van der Waals surface area (Å²) in [6.45, 7) is -0.0362. The summed E-state index contributed by atoms with van der Waals surface area (Å²) >= 11 is 5.85. The van der Waals surface area contributed by atoms with Crippen molar-refractivity contribution in [1.82, 2.24) is 19.5 Å². The minimum atomic E-state index is -0.620. The van der Waals surface area contributed by atoms with Gasteiger partial charge in [-0.25, -0.2) is 13.8 Å². The molecule has 3 aromatic rings. The van der Waals surface area contributed by atoms with Gasteiger partial charge in [0.2, 0.25) is 5.28 Å². The molecular weight excluding hydrogens is 300 g/mol. The Balaban J connectivity index is 2.12. The van der Waals surface area contributed by atoms with Gasteiger partial charge in [0.05, 0.1) is 12.9 Å². The number of aromatic nitrogens is 4. The molecular formula is C13H10ClF2N5. The van der Waals surface area contributed by atoms with E-state index in [0.29, 0.717) is 17.0 Å². The number of imidazole rings is 1. The van der Waals surface area contributed by atoms with Gasteiger partial charge in [0, 0.05) is 12.6 Å². The van der Waals surface area contributed by atoms with Gasteiger partial charge >= 0.3 is 0 Å². The predicted octanol–water partition coefficient (Wildman–Crippen LogP) is 2.85. The Labute approximate surface area is 123 Å². The number of hydrogen-bond donors (Lipinski definition) is 1. The minimum Gasteiger partial charge on any atom is -0.371 e. The van der Waals surface area contributed by atoms with Gasteiger partial charge in [-0.05, 0) is 23.7 Å². The second-order valence-corrected chi connectivity index (χ2v) is 4.67. The SMILES string of the molecule is CNc1nc(Cl)nc2c1ncn2Cc1c(F)cccc1F. The predicted molar refractivity (Wildman–Crippen MR) is 75.3 cm³/mol. The van der Waals surface area contributed by atoms with E-state index in [0.717, 1.165) is 0 Å². The third-order valence-corrected chi connectivity index (χ3v) is 3.23. The lowest BCUT2D eigenvalue weighted by Crippen LogP contribution is -2.05. The summed E-state index contributed by atoms with van der Waals surface area (Å²) in [7, 11) is 1.67. The van der Waals surface area contributed by atoms with Gasteiger partial charge in [-0.3, -0.25) is 0 Å². The zero-order valence-corrected chi connectivity index (χ0v) is 11.7. The Morgan fingerprint density at radius 2 is 1.95 bits per heavy atom. The summed E-state index contributed by atoms with van der Waals surface area (Å²) in [5.74, 6) is -0.783. The van der Waals surface area contributed by atoms with Gasteiger partial charge in [0.1, 0.15) is 11.6 Å². The van der Waals surface area contributed by atoms with Gasteiger partial charge in [-0.15, -0.1) is 0 Å². The van der Waals surface area contributed by atoms with Gasteiger partial charge in [0.25, 0.3) is 0 Å². The van der Waals surface area contributed by atoms with E-state index in [2.05, 4.69) is 20.3 Å². The van der Waals surface area contributed by atoms with Crippen LogP contribution in [0.2, 0.25) is 5.28 Å². The van der Waals surface area contributed by atoms with Gasteiger partial charge in [-0.2, -0.15) is 9.97 Å². The van der Waals surface area contributed by atoms with Crippen LogP contribution in [0.5, 0.6) is 0 Å². The molecule has 0 bridgehead atoms. The smallest absolute Gasteiger partial charge is 0.226 e. The molecule has 21 heavy (non-hydrogen) atoms. The number of halogens is 3. The highest BCUT2D eigenvalue weighted by Gasteiger charge is 2.15. The number of anilines is 1. The van der Waals surface area contributed by atoms with Gasteiger partial charge in [0.15, 0.2) is 17.0 Å². The van der Waals surface area contributed by atoms with Crippen molar-refractivity contribution in [2.24, 2.45) is 0 Å². The van der Waals surface area contributed by atoms with Crippen molar-refractivity contribution in [1.29, 1.82) is 0 Å². The highest BCUT2D eigenvalue weighted by Crippen LogP contribution is 2.22. The maximum absolute atomic E-state index is 13.7. The fourth-order valence-corrected chi connectivity index (χ4v) is 2.23. The van der Waals surface area contributed by atoms with Crippen LogP contribution in [-0.4, -0.2) is 26.6 Å². The number of fused-ring (bicyclic) bond motifs is 1. The van der Waals surface area contributed by atoms with Crippen molar-refractivity contribution in [2.45, 2.75) is 6.54 Å². The zero-order chi connectivity index (χ0) is 15.0. The molecule has 1 aromatic carbocycles. The lowest BCUT2D eigenvalue weighted by molar-refractivity contribution is 0.546. The molecule has 0 unspecified atom stereocenters.